The van der Waals surface area contributed by atoms with Gasteiger partial charge in [0.05, 0.1) is 10.6 Å². The van der Waals surface area contributed by atoms with Crippen molar-refractivity contribution in [3.05, 3.63) is 47.1 Å². The Labute approximate surface area is 132 Å². The predicted molar refractivity (Wildman–Crippen MR) is 86.8 cm³/mol. The van der Waals surface area contributed by atoms with Gasteiger partial charge in [0.2, 0.25) is 0 Å². The first-order valence-electron chi connectivity index (χ1n) is 6.04. The minimum atomic E-state index is -3.76. The molecule has 4 nitrogen and oxygen atoms in total. The fourth-order valence-electron chi connectivity index (χ4n) is 1.82. The van der Waals surface area contributed by atoms with Crippen LogP contribution in [0.4, 0.5) is 10.1 Å². The summed E-state index contributed by atoms with van der Waals surface area (Å²) >= 11 is 5.83. The van der Waals surface area contributed by atoms with E-state index in [9.17, 15) is 12.8 Å². The molecule has 0 atom stereocenters. The van der Waals surface area contributed by atoms with Crippen molar-refractivity contribution in [2.75, 3.05) is 10.8 Å². The molecule has 2 rings (SSSR count). The summed E-state index contributed by atoms with van der Waals surface area (Å²) in [4.78, 5) is 0.675. The van der Waals surface area contributed by atoms with E-state index in [4.69, 9.17) is 18.0 Å². The van der Waals surface area contributed by atoms with Crippen molar-refractivity contribution in [3.63, 3.8) is 0 Å². The van der Waals surface area contributed by atoms with Crippen molar-refractivity contribution >= 4 is 44.3 Å². The molecule has 2 aromatic rings. The molecule has 0 saturated heterocycles. The Balaban J connectivity index is 2.46. The molecule has 0 unspecified atom stereocenters. The number of thiocarbonyl (C=S) groups is 1. The third-order valence-electron chi connectivity index (χ3n) is 2.75. The normalized spacial score (nSPS) is 11.3. The first-order valence-corrected chi connectivity index (χ1v) is 8.70. The summed E-state index contributed by atoms with van der Waals surface area (Å²) in [6.07, 6.45) is 0. The molecule has 21 heavy (non-hydrogen) atoms. The predicted octanol–water partition coefficient (Wildman–Crippen LogP) is 2.74. The average molecular weight is 344 g/mol. The molecule has 0 radical (unpaired) electrons. The van der Waals surface area contributed by atoms with Gasteiger partial charge in [-0.1, -0.05) is 18.3 Å². The highest BCUT2D eigenvalue weighted by atomic mass is 32.2. The van der Waals surface area contributed by atoms with Gasteiger partial charge < -0.3 is 5.73 Å². The van der Waals surface area contributed by atoms with E-state index >= 15 is 0 Å². The largest absolute Gasteiger partial charge is 0.389 e. The number of benzene rings is 1. The SMILES string of the molecule is CCN(c1cccc(F)c1)S(=O)(=O)c1ccc(C(N)=S)s1. The van der Waals surface area contributed by atoms with Crippen molar-refractivity contribution in [2.24, 2.45) is 5.73 Å². The first-order chi connectivity index (χ1) is 9.86. The molecule has 0 aliphatic carbocycles. The lowest BCUT2D eigenvalue weighted by atomic mass is 10.3. The second-order valence-corrected chi connectivity index (χ2v) is 7.75. The van der Waals surface area contributed by atoms with Crippen LogP contribution < -0.4 is 10.0 Å². The molecule has 1 aromatic carbocycles. The van der Waals surface area contributed by atoms with Crippen LogP contribution in [0.15, 0.2) is 40.6 Å². The number of hydrogen-bond donors (Lipinski definition) is 1. The van der Waals surface area contributed by atoms with Crippen LogP contribution in [0.3, 0.4) is 0 Å². The molecular formula is C13H13FN2O2S3. The summed E-state index contributed by atoms with van der Waals surface area (Å²) in [6, 6.07) is 8.49. The van der Waals surface area contributed by atoms with Gasteiger partial charge in [-0.05, 0) is 37.3 Å². The number of nitrogens with zero attached hydrogens (tertiary/aromatic N) is 1. The zero-order chi connectivity index (χ0) is 15.6. The van der Waals surface area contributed by atoms with Crippen LogP contribution in [-0.4, -0.2) is 20.0 Å². The monoisotopic (exact) mass is 344 g/mol. The van der Waals surface area contributed by atoms with Crippen molar-refractivity contribution in [2.45, 2.75) is 11.1 Å². The molecule has 0 amide bonds. The molecule has 0 fully saturated rings. The van der Waals surface area contributed by atoms with E-state index in [0.717, 1.165) is 15.6 Å². The summed E-state index contributed by atoms with van der Waals surface area (Å²) in [5, 5.41) is 0. The first kappa shape index (κ1) is 15.9. The fourth-order valence-corrected chi connectivity index (χ4v) is 4.75. The number of thiophene rings is 1. The van der Waals surface area contributed by atoms with Gasteiger partial charge in [-0.2, -0.15) is 0 Å². The number of rotatable bonds is 5. The number of anilines is 1. The Bertz CT molecular complexity index is 771. The third-order valence-corrected chi connectivity index (χ3v) is 6.59. The summed E-state index contributed by atoms with van der Waals surface area (Å²) in [5.74, 6) is -0.490. The van der Waals surface area contributed by atoms with Crippen molar-refractivity contribution in [1.82, 2.24) is 0 Å². The van der Waals surface area contributed by atoms with E-state index in [1.807, 2.05) is 0 Å². The maximum atomic E-state index is 13.3. The number of nitrogens with two attached hydrogens (primary N) is 1. The number of sulfonamides is 1. The molecule has 0 aliphatic heterocycles. The zero-order valence-electron chi connectivity index (χ0n) is 11.1. The lowest BCUT2D eigenvalue weighted by Crippen LogP contribution is -2.30. The summed E-state index contributed by atoms with van der Waals surface area (Å²) in [6.45, 7) is 1.87. The van der Waals surface area contributed by atoms with E-state index in [-0.39, 0.29) is 21.4 Å². The van der Waals surface area contributed by atoms with Crippen LogP contribution in [0, 0.1) is 5.82 Å². The molecule has 2 N–H and O–H groups in total. The van der Waals surface area contributed by atoms with E-state index in [1.54, 1.807) is 19.1 Å². The molecule has 1 heterocycles. The zero-order valence-corrected chi connectivity index (χ0v) is 13.6. The minimum absolute atomic E-state index is 0.122. The van der Waals surface area contributed by atoms with Gasteiger partial charge in [0, 0.05) is 6.54 Å². The maximum absolute atomic E-state index is 13.3. The molecule has 1 aromatic heterocycles. The molecule has 112 valence electrons. The van der Waals surface area contributed by atoms with Crippen LogP contribution in [0.2, 0.25) is 0 Å². The molecule has 0 saturated carbocycles. The lowest BCUT2D eigenvalue weighted by molar-refractivity contribution is 0.593. The van der Waals surface area contributed by atoms with Crippen LogP contribution in [-0.2, 0) is 10.0 Å². The van der Waals surface area contributed by atoms with Gasteiger partial charge in [0.1, 0.15) is 15.0 Å². The molecular weight excluding hydrogens is 331 g/mol. The Morgan fingerprint density at radius 1 is 1.38 bits per heavy atom. The molecule has 8 heteroatoms. The van der Waals surface area contributed by atoms with E-state index in [1.165, 1.54) is 24.3 Å². The molecule has 0 spiro atoms. The summed E-state index contributed by atoms with van der Waals surface area (Å²) in [5.41, 5.74) is 5.77. The van der Waals surface area contributed by atoms with Crippen LogP contribution in [0.1, 0.15) is 11.8 Å². The highest BCUT2D eigenvalue weighted by Gasteiger charge is 2.25. The van der Waals surface area contributed by atoms with Crippen molar-refractivity contribution < 1.29 is 12.8 Å². The Kier molecular flexibility index (Phi) is 4.60. The van der Waals surface area contributed by atoms with Crippen LogP contribution >= 0.6 is 23.6 Å². The highest BCUT2D eigenvalue weighted by Crippen LogP contribution is 2.28. The number of halogens is 1. The van der Waals surface area contributed by atoms with E-state index in [0.29, 0.717) is 4.88 Å². The maximum Gasteiger partial charge on any atom is 0.273 e. The Morgan fingerprint density at radius 2 is 2.10 bits per heavy atom. The van der Waals surface area contributed by atoms with Gasteiger partial charge >= 0.3 is 0 Å². The smallest absolute Gasteiger partial charge is 0.273 e. The highest BCUT2D eigenvalue weighted by molar-refractivity contribution is 7.94. The average Bonchev–Trinajstić information content (AvgIpc) is 2.89. The van der Waals surface area contributed by atoms with Gasteiger partial charge in [0.25, 0.3) is 10.0 Å². The quantitative estimate of drug-likeness (QED) is 0.847. The van der Waals surface area contributed by atoms with Crippen molar-refractivity contribution in [1.29, 1.82) is 0 Å². The Morgan fingerprint density at radius 3 is 2.62 bits per heavy atom. The van der Waals surface area contributed by atoms with Crippen LogP contribution in [0.5, 0.6) is 0 Å². The third kappa shape index (κ3) is 3.22. The van der Waals surface area contributed by atoms with Crippen molar-refractivity contribution in [3.8, 4) is 0 Å². The van der Waals surface area contributed by atoms with E-state index < -0.39 is 15.8 Å². The molecule has 0 aliphatic rings. The van der Waals surface area contributed by atoms with Gasteiger partial charge in [-0.3, -0.25) is 4.31 Å². The Hall–Kier alpha value is -1.51. The van der Waals surface area contributed by atoms with E-state index in [2.05, 4.69) is 0 Å². The fraction of sp³-hybridized carbons (Fsp3) is 0.154. The van der Waals surface area contributed by atoms with Gasteiger partial charge in [0.15, 0.2) is 0 Å². The molecule has 0 bridgehead atoms. The lowest BCUT2D eigenvalue weighted by Gasteiger charge is -2.21. The number of hydrogen-bond acceptors (Lipinski definition) is 4. The second kappa shape index (κ2) is 6.08. The summed E-state index contributed by atoms with van der Waals surface area (Å²) < 4.78 is 39.9. The standard InChI is InChI=1S/C13H13FN2O2S3/c1-2-16(10-5-3-4-9(14)8-10)21(17,18)12-7-6-11(20-12)13(15)19/h3-8H,2H2,1H3,(H2,15,19). The van der Waals surface area contributed by atoms with Crippen LogP contribution in [0.25, 0.3) is 0 Å². The van der Waals surface area contributed by atoms with Gasteiger partial charge in [-0.15, -0.1) is 11.3 Å². The second-order valence-electron chi connectivity index (χ2n) is 4.13. The van der Waals surface area contributed by atoms with Gasteiger partial charge in [-0.25, -0.2) is 12.8 Å². The summed E-state index contributed by atoms with van der Waals surface area (Å²) in [7, 11) is -3.76. The topological polar surface area (TPSA) is 63.4 Å². The minimum Gasteiger partial charge on any atom is -0.389 e.